The molecule has 0 saturated carbocycles. The van der Waals surface area contributed by atoms with E-state index in [2.05, 4.69) is 14.6 Å². The molecule has 1 heterocycles. The van der Waals surface area contributed by atoms with Crippen LogP contribution in [-0.4, -0.2) is 54.8 Å². The molecule has 0 aliphatic carbocycles. The Hall–Kier alpha value is -3.06. The topological polar surface area (TPSA) is 106 Å². The number of hydrogen-bond acceptors (Lipinski definition) is 6. The lowest BCUT2D eigenvalue weighted by Crippen LogP contribution is -2.08. The minimum Gasteiger partial charge on any atom is -0.494 e. The molecule has 0 amide bonds. The van der Waals surface area contributed by atoms with Crippen molar-refractivity contribution in [3.63, 3.8) is 0 Å². The zero-order chi connectivity index (χ0) is 28.4. The Bertz CT molecular complexity index is 1040. The molecule has 0 bridgehead atoms. The highest BCUT2D eigenvalue weighted by molar-refractivity contribution is 7.82. The molecule has 1 aromatic heterocycles. The van der Waals surface area contributed by atoms with Gasteiger partial charge in [-0.25, -0.2) is 14.0 Å². The second kappa shape index (κ2) is 18.2. The number of nitrogens with zero attached hydrogens (tertiary/aromatic N) is 2. The number of hydrogen-bond donors (Lipinski definition) is 1. The lowest BCUT2D eigenvalue weighted by molar-refractivity contribution is -0.141. The van der Waals surface area contributed by atoms with Crippen molar-refractivity contribution >= 4 is 17.8 Å². The van der Waals surface area contributed by atoms with Crippen LogP contribution >= 0.6 is 0 Å². The Balaban J connectivity index is 0.00000112. The SMILES string of the molecule is C=O.CCOC.CCOC.CCOc1ccc(-c2cc(C(F)(F)F)nn2-c2ccc(S(N)=O)cc2)cc1. The van der Waals surface area contributed by atoms with Crippen molar-refractivity contribution in [3.05, 3.63) is 60.3 Å². The highest BCUT2D eigenvalue weighted by atomic mass is 32.2. The smallest absolute Gasteiger partial charge is 0.435 e. The predicted octanol–water partition coefficient (Wildman–Crippen LogP) is 5.06. The number of rotatable bonds is 7. The highest BCUT2D eigenvalue weighted by Crippen LogP contribution is 2.33. The maximum Gasteiger partial charge on any atom is 0.435 e. The van der Waals surface area contributed by atoms with Crippen LogP contribution in [0.25, 0.3) is 16.9 Å². The van der Waals surface area contributed by atoms with Crippen LogP contribution in [-0.2, 0) is 31.4 Å². The summed E-state index contributed by atoms with van der Waals surface area (Å²) in [6.45, 7) is 9.89. The van der Waals surface area contributed by atoms with Gasteiger partial charge in [0, 0.05) is 33.0 Å². The molecule has 3 rings (SSSR count). The minimum atomic E-state index is -4.58. The molecule has 0 aliphatic rings. The van der Waals surface area contributed by atoms with Gasteiger partial charge in [-0.15, -0.1) is 0 Å². The first kappa shape index (κ1) is 33.9. The third-order valence-electron chi connectivity index (χ3n) is 4.35. The van der Waals surface area contributed by atoms with Crippen LogP contribution in [0.4, 0.5) is 13.2 Å². The standard InChI is InChI=1S/C18H16F3N3O2S.2C3H8O.CH2O/c1-2-26-14-7-3-12(4-8-14)16-11-17(18(19,20)21)23-24(16)13-5-9-15(10-6-13)27(22)25;2*1-3-4-2;1-2/h3-11H,2,22H2,1H3;2*3H2,1-2H3;1H2. The number of aromatic nitrogens is 2. The van der Waals surface area contributed by atoms with Crippen LogP contribution in [0.2, 0.25) is 0 Å². The Labute approximate surface area is 218 Å². The molecule has 0 saturated heterocycles. The molecule has 1 atom stereocenters. The van der Waals surface area contributed by atoms with Gasteiger partial charge in [0.25, 0.3) is 0 Å². The summed E-state index contributed by atoms with van der Waals surface area (Å²) in [6, 6.07) is 13.7. The Morgan fingerprint density at radius 3 is 1.78 bits per heavy atom. The fraction of sp³-hybridized carbons (Fsp3) is 0.360. The summed E-state index contributed by atoms with van der Waals surface area (Å²) in [5.41, 5.74) is 0.210. The van der Waals surface area contributed by atoms with Crippen molar-refractivity contribution in [1.29, 1.82) is 0 Å². The number of alkyl halides is 3. The van der Waals surface area contributed by atoms with E-state index in [1.807, 2.05) is 27.6 Å². The van der Waals surface area contributed by atoms with Gasteiger partial charge >= 0.3 is 6.18 Å². The van der Waals surface area contributed by atoms with Crippen molar-refractivity contribution in [2.75, 3.05) is 34.0 Å². The van der Waals surface area contributed by atoms with Crippen molar-refractivity contribution in [3.8, 4) is 22.7 Å². The molecule has 0 spiro atoms. The fourth-order valence-electron chi connectivity index (χ4n) is 2.53. The van der Waals surface area contributed by atoms with E-state index in [1.165, 1.54) is 28.9 Å². The van der Waals surface area contributed by atoms with E-state index in [-0.39, 0.29) is 5.69 Å². The molecule has 3 aromatic rings. The summed E-state index contributed by atoms with van der Waals surface area (Å²) in [7, 11) is 1.69. The summed E-state index contributed by atoms with van der Waals surface area (Å²) < 4.78 is 66.5. The van der Waals surface area contributed by atoms with E-state index in [0.29, 0.717) is 28.5 Å². The first-order valence-corrected chi connectivity index (χ1v) is 12.3. The summed E-state index contributed by atoms with van der Waals surface area (Å²) in [6.07, 6.45) is -4.58. The number of ether oxygens (including phenoxy) is 3. The molecule has 0 fully saturated rings. The average Bonchev–Trinajstić information content (AvgIpc) is 3.37. The van der Waals surface area contributed by atoms with Crippen molar-refractivity contribution in [1.82, 2.24) is 9.78 Å². The summed E-state index contributed by atoms with van der Waals surface area (Å²) in [5, 5.41) is 9.03. The van der Waals surface area contributed by atoms with Crippen molar-refractivity contribution in [2.24, 2.45) is 5.14 Å². The van der Waals surface area contributed by atoms with Crippen LogP contribution < -0.4 is 9.88 Å². The first-order valence-electron chi connectivity index (χ1n) is 11.1. The zero-order valence-corrected chi connectivity index (χ0v) is 22.4. The maximum atomic E-state index is 13.2. The predicted molar refractivity (Wildman–Crippen MR) is 138 cm³/mol. The number of methoxy groups -OCH3 is 2. The lowest BCUT2D eigenvalue weighted by atomic mass is 10.1. The molecule has 12 heteroatoms. The van der Waals surface area contributed by atoms with Crippen LogP contribution in [0.15, 0.2) is 59.5 Å². The van der Waals surface area contributed by atoms with Crippen molar-refractivity contribution < 1.29 is 36.4 Å². The Morgan fingerprint density at radius 2 is 1.41 bits per heavy atom. The average molecular weight is 546 g/mol. The van der Waals surface area contributed by atoms with Gasteiger partial charge in [-0.1, -0.05) is 0 Å². The van der Waals surface area contributed by atoms with Crippen LogP contribution in [0.1, 0.15) is 26.5 Å². The quantitative estimate of drug-likeness (QED) is 0.445. The molecule has 1 unspecified atom stereocenters. The molecule has 206 valence electrons. The maximum absolute atomic E-state index is 13.2. The third kappa shape index (κ3) is 11.7. The molecular weight excluding hydrogens is 511 g/mol. The molecule has 0 radical (unpaired) electrons. The summed E-state index contributed by atoms with van der Waals surface area (Å²) >= 11 is 0. The number of carbonyl (C=O) groups excluding carboxylic acids is 1. The normalized spacial score (nSPS) is 11.1. The second-order valence-electron chi connectivity index (χ2n) is 6.73. The lowest BCUT2D eigenvalue weighted by Gasteiger charge is -2.09. The van der Waals surface area contributed by atoms with Gasteiger partial charge in [0.1, 0.15) is 23.5 Å². The number of halogens is 3. The van der Waals surface area contributed by atoms with E-state index in [1.54, 1.807) is 38.5 Å². The Morgan fingerprint density at radius 1 is 0.919 bits per heavy atom. The van der Waals surface area contributed by atoms with Gasteiger partial charge in [0.2, 0.25) is 0 Å². The van der Waals surface area contributed by atoms with Crippen LogP contribution in [0.5, 0.6) is 5.75 Å². The van der Waals surface area contributed by atoms with Crippen molar-refractivity contribution in [2.45, 2.75) is 31.8 Å². The van der Waals surface area contributed by atoms with Gasteiger partial charge in [-0.05, 0) is 75.4 Å². The van der Waals surface area contributed by atoms with Gasteiger partial charge in [-0.3, -0.25) is 0 Å². The van der Waals surface area contributed by atoms with E-state index in [0.717, 1.165) is 19.3 Å². The van der Waals surface area contributed by atoms with Gasteiger partial charge in [0.15, 0.2) is 5.69 Å². The number of benzene rings is 2. The van der Waals surface area contributed by atoms with Gasteiger partial charge in [0.05, 0.1) is 22.9 Å². The van der Waals surface area contributed by atoms with E-state index in [9.17, 15) is 17.4 Å². The second-order valence-corrected chi connectivity index (χ2v) is 7.79. The van der Waals surface area contributed by atoms with Gasteiger partial charge in [-0.2, -0.15) is 18.3 Å². The fourth-order valence-corrected chi connectivity index (χ4v) is 2.94. The highest BCUT2D eigenvalue weighted by Gasteiger charge is 2.35. The molecule has 8 nitrogen and oxygen atoms in total. The number of carbonyl (C=O) groups is 1. The van der Waals surface area contributed by atoms with Gasteiger partial charge < -0.3 is 19.0 Å². The monoisotopic (exact) mass is 545 g/mol. The summed E-state index contributed by atoms with van der Waals surface area (Å²) in [5.74, 6) is 0.623. The summed E-state index contributed by atoms with van der Waals surface area (Å²) in [4.78, 5) is 8.37. The Kier molecular flexibility index (Phi) is 16.7. The largest absolute Gasteiger partial charge is 0.494 e. The molecule has 2 aromatic carbocycles. The van der Waals surface area contributed by atoms with E-state index < -0.39 is 22.9 Å². The molecule has 2 N–H and O–H groups in total. The number of nitrogens with two attached hydrogens (primary N) is 1. The molecular formula is C25H34F3N3O5S. The zero-order valence-electron chi connectivity index (χ0n) is 21.6. The van der Waals surface area contributed by atoms with E-state index in [4.69, 9.17) is 14.7 Å². The first-order chi connectivity index (χ1) is 17.6. The minimum absolute atomic E-state index is 0.270. The molecule has 0 aliphatic heterocycles. The third-order valence-corrected chi connectivity index (χ3v) is 5.09. The molecule has 37 heavy (non-hydrogen) atoms. The van der Waals surface area contributed by atoms with Crippen LogP contribution in [0, 0.1) is 0 Å². The van der Waals surface area contributed by atoms with E-state index >= 15 is 0 Å². The van der Waals surface area contributed by atoms with Crippen LogP contribution in [0.3, 0.4) is 0 Å².